The van der Waals surface area contributed by atoms with E-state index in [2.05, 4.69) is 10.3 Å². The summed E-state index contributed by atoms with van der Waals surface area (Å²) in [6.07, 6.45) is 3.73. The Morgan fingerprint density at radius 2 is 2.04 bits per heavy atom. The summed E-state index contributed by atoms with van der Waals surface area (Å²) in [4.78, 5) is 16.4. The number of ether oxygens (including phenoxy) is 2. The van der Waals surface area contributed by atoms with E-state index in [0.29, 0.717) is 23.8 Å². The molecule has 3 rings (SSSR count). The Hall–Kier alpha value is -2.67. The molecule has 3 aromatic rings. The normalized spacial score (nSPS) is 10.6. The van der Waals surface area contributed by atoms with E-state index < -0.39 is 0 Å². The molecule has 0 atom stereocenters. The van der Waals surface area contributed by atoms with E-state index in [0.717, 1.165) is 16.2 Å². The van der Waals surface area contributed by atoms with Gasteiger partial charge in [-0.3, -0.25) is 9.20 Å². The van der Waals surface area contributed by atoms with Crippen molar-refractivity contribution in [3.63, 3.8) is 0 Å². The number of nitrogens with one attached hydrogen (secondary N) is 1. The van der Waals surface area contributed by atoms with Crippen LogP contribution >= 0.6 is 11.8 Å². The van der Waals surface area contributed by atoms with Crippen LogP contribution in [0.1, 0.15) is 5.56 Å². The molecule has 130 valence electrons. The second-order valence-corrected chi connectivity index (χ2v) is 6.23. The van der Waals surface area contributed by atoms with E-state index in [-0.39, 0.29) is 5.91 Å². The van der Waals surface area contributed by atoms with E-state index in [1.807, 2.05) is 47.0 Å². The first-order chi connectivity index (χ1) is 12.2. The highest BCUT2D eigenvalue weighted by atomic mass is 32.2. The number of methoxy groups -OCH3 is 2. The topological polar surface area (TPSA) is 64.9 Å². The predicted octanol–water partition coefficient (Wildman–Crippen LogP) is 2.76. The molecule has 1 aromatic carbocycles. The summed E-state index contributed by atoms with van der Waals surface area (Å²) in [7, 11) is 3.18. The second kappa shape index (κ2) is 7.94. The first-order valence-corrected chi connectivity index (χ1v) is 8.72. The molecule has 0 aliphatic carbocycles. The van der Waals surface area contributed by atoms with E-state index >= 15 is 0 Å². The number of hydrogen-bond acceptors (Lipinski definition) is 5. The van der Waals surface area contributed by atoms with Gasteiger partial charge in [0, 0.05) is 12.7 Å². The molecule has 0 bridgehead atoms. The number of nitrogens with zero attached hydrogens (tertiary/aromatic N) is 2. The molecule has 1 amide bonds. The van der Waals surface area contributed by atoms with Crippen molar-refractivity contribution in [3.8, 4) is 11.5 Å². The summed E-state index contributed by atoms with van der Waals surface area (Å²) in [5.41, 5.74) is 1.96. The first kappa shape index (κ1) is 17.2. The molecule has 0 radical (unpaired) electrons. The molecule has 0 fully saturated rings. The zero-order chi connectivity index (χ0) is 17.6. The van der Waals surface area contributed by atoms with Gasteiger partial charge >= 0.3 is 0 Å². The fourth-order valence-electron chi connectivity index (χ4n) is 2.40. The van der Waals surface area contributed by atoms with Gasteiger partial charge in [0.15, 0.2) is 16.7 Å². The molecule has 2 heterocycles. The molecule has 1 N–H and O–H groups in total. The van der Waals surface area contributed by atoms with Crippen LogP contribution in [-0.2, 0) is 11.3 Å². The highest BCUT2D eigenvalue weighted by Gasteiger charge is 2.09. The van der Waals surface area contributed by atoms with Gasteiger partial charge in [-0.1, -0.05) is 23.9 Å². The number of pyridine rings is 1. The molecular formula is C18H19N3O3S. The number of hydrogen-bond donors (Lipinski definition) is 1. The summed E-state index contributed by atoms with van der Waals surface area (Å²) in [5, 5.41) is 3.71. The Labute approximate surface area is 150 Å². The maximum absolute atomic E-state index is 12.1. The Morgan fingerprint density at radius 3 is 2.84 bits per heavy atom. The number of thioether (sulfide) groups is 1. The Balaban J connectivity index is 1.54. The van der Waals surface area contributed by atoms with Crippen LogP contribution in [0.25, 0.3) is 5.52 Å². The number of fused-ring (bicyclic) bond motifs is 1. The molecule has 0 aliphatic heterocycles. The highest BCUT2D eigenvalue weighted by Crippen LogP contribution is 2.27. The van der Waals surface area contributed by atoms with Crippen molar-refractivity contribution in [3.05, 3.63) is 54.4 Å². The molecular weight excluding hydrogens is 338 g/mol. The monoisotopic (exact) mass is 357 g/mol. The van der Waals surface area contributed by atoms with Gasteiger partial charge in [0.1, 0.15) is 0 Å². The quantitative estimate of drug-likeness (QED) is 0.659. The van der Waals surface area contributed by atoms with E-state index in [4.69, 9.17) is 9.47 Å². The van der Waals surface area contributed by atoms with Gasteiger partial charge in [0.25, 0.3) is 0 Å². The van der Waals surface area contributed by atoms with Crippen molar-refractivity contribution in [2.24, 2.45) is 0 Å². The van der Waals surface area contributed by atoms with Gasteiger partial charge in [-0.05, 0) is 29.8 Å². The molecule has 0 spiro atoms. The van der Waals surface area contributed by atoms with Gasteiger partial charge in [-0.2, -0.15) is 0 Å². The van der Waals surface area contributed by atoms with E-state index in [1.54, 1.807) is 20.4 Å². The summed E-state index contributed by atoms with van der Waals surface area (Å²) in [5.74, 6) is 1.57. The van der Waals surface area contributed by atoms with Gasteiger partial charge < -0.3 is 14.8 Å². The van der Waals surface area contributed by atoms with Gasteiger partial charge in [-0.15, -0.1) is 0 Å². The second-order valence-electron chi connectivity index (χ2n) is 5.29. The van der Waals surface area contributed by atoms with Gasteiger partial charge in [0.05, 0.1) is 31.7 Å². The number of benzene rings is 1. The summed E-state index contributed by atoms with van der Waals surface area (Å²) in [6.45, 7) is 0.433. The number of amides is 1. The summed E-state index contributed by atoms with van der Waals surface area (Å²) in [6, 6.07) is 11.5. The third kappa shape index (κ3) is 4.06. The number of carbonyl (C=O) groups excluding carboxylic acids is 1. The lowest BCUT2D eigenvalue weighted by Crippen LogP contribution is -2.24. The number of imidazole rings is 1. The van der Waals surface area contributed by atoms with Crippen LogP contribution in [0, 0.1) is 0 Å². The lowest BCUT2D eigenvalue weighted by molar-refractivity contribution is -0.118. The Kier molecular flexibility index (Phi) is 5.45. The standard InChI is InChI=1S/C18H19N3O3S/c1-23-15-7-6-13(9-16(15)24-2)10-19-17(22)12-25-18-20-11-14-5-3-4-8-21(14)18/h3-9,11H,10,12H2,1-2H3,(H,19,22). The third-order valence-corrected chi connectivity index (χ3v) is 4.64. The summed E-state index contributed by atoms with van der Waals surface area (Å²) >= 11 is 1.41. The van der Waals surface area contributed by atoms with Crippen molar-refractivity contribution in [2.75, 3.05) is 20.0 Å². The van der Waals surface area contributed by atoms with Crippen LogP contribution in [0.4, 0.5) is 0 Å². The van der Waals surface area contributed by atoms with Crippen LogP contribution in [0.5, 0.6) is 11.5 Å². The molecule has 0 unspecified atom stereocenters. The molecule has 25 heavy (non-hydrogen) atoms. The summed E-state index contributed by atoms with van der Waals surface area (Å²) < 4.78 is 12.4. The van der Waals surface area contributed by atoms with Crippen molar-refractivity contribution < 1.29 is 14.3 Å². The Morgan fingerprint density at radius 1 is 1.20 bits per heavy atom. The van der Waals surface area contributed by atoms with Crippen molar-refractivity contribution in [1.82, 2.24) is 14.7 Å². The van der Waals surface area contributed by atoms with Crippen LogP contribution in [-0.4, -0.2) is 35.3 Å². The van der Waals surface area contributed by atoms with Crippen molar-refractivity contribution in [2.45, 2.75) is 11.7 Å². The number of aromatic nitrogens is 2. The predicted molar refractivity (Wildman–Crippen MR) is 97.3 cm³/mol. The Bertz CT molecular complexity index is 879. The minimum atomic E-state index is -0.0486. The lowest BCUT2D eigenvalue weighted by Gasteiger charge is -2.10. The first-order valence-electron chi connectivity index (χ1n) is 7.73. The van der Waals surface area contributed by atoms with Gasteiger partial charge in [-0.25, -0.2) is 4.98 Å². The SMILES string of the molecule is COc1ccc(CNC(=O)CSc2ncc3ccccn23)cc1OC. The van der Waals surface area contributed by atoms with Crippen molar-refractivity contribution in [1.29, 1.82) is 0 Å². The smallest absolute Gasteiger partial charge is 0.230 e. The van der Waals surface area contributed by atoms with E-state index in [1.165, 1.54) is 11.8 Å². The average Bonchev–Trinajstić information content (AvgIpc) is 3.07. The zero-order valence-electron chi connectivity index (χ0n) is 14.1. The minimum Gasteiger partial charge on any atom is -0.493 e. The minimum absolute atomic E-state index is 0.0486. The zero-order valence-corrected chi connectivity index (χ0v) is 14.9. The largest absolute Gasteiger partial charge is 0.493 e. The molecule has 0 saturated carbocycles. The molecule has 7 heteroatoms. The van der Waals surface area contributed by atoms with Crippen LogP contribution in [0.2, 0.25) is 0 Å². The molecule has 0 saturated heterocycles. The van der Waals surface area contributed by atoms with Crippen molar-refractivity contribution >= 4 is 23.2 Å². The fraction of sp³-hybridized carbons (Fsp3) is 0.222. The highest BCUT2D eigenvalue weighted by molar-refractivity contribution is 7.99. The van der Waals surface area contributed by atoms with Gasteiger partial charge in [0.2, 0.25) is 5.91 Å². The third-order valence-electron chi connectivity index (χ3n) is 3.67. The number of rotatable bonds is 7. The molecule has 6 nitrogen and oxygen atoms in total. The van der Waals surface area contributed by atoms with Crippen LogP contribution in [0.15, 0.2) is 53.9 Å². The van der Waals surface area contributed by atoms with Crippen LogP contribution < -0.4 is 14.8 Å². The number of carbonyl (C=O) groups is 1. The lowest BCUT2D eigenvalue weighted by atomic mass is 10.2. The fourth-order valence-corrected chi connectivity index (χ4v) is 3.19. The maximum Gasteiger partial charge on any atom is 0.230 e. The van der Waals surface area contributed by atoms with Crippen LogP contribution in [0.3, 0.4) is 0 Å². The van der Waals surface area contributed by atoms with E-state index in [9.17, 15) is 4.79 Å². The molecule has 2 aromatic heterocycles. The maximum atomic E-state index is 12.1. The average molecular weight is 357 g/mol. The molecule has 0 aliphatic rings.